The summed E-state index contributed by atoms with van der Waals surface area (Å²) < 4.78 is 0. The van der Waals surface area contributed by atoms with Gasteiger partial charge < -0.3 is 10.2 Å². The molecule has 2 heterocycles. The van der Waals surface area contributed by atoms with Crippen molar-refractivity contribution in [2.24, 2.45) is 0 Å². The molecule has 1 N–H and O–H groups in total. The second kappa shape index (κ2) is 8.24. The second-order valence-corrected chi connectivity index (χ2v) is 6.13. The largest absolute Gasteiger partial charge is 0.352 e. The molecule has 2 aromatic rings. The molecule has 1 aliphatic rings. The van der Waals surface area contributed by atoms with Crippen molar-refractivity contribution < 1.29 is 9.59 Å². The van der Waals surface area contributed by atoms with Crippen molar-refractivity contribution in [3.8, 4) is 0 Å². The van der Waals surface area contributed by atoms with Crippen molar-refractivity contribution in [3.05, 3.63) is 72.1 Å². The van der Waals surface area contributed by atoms with Gasteiger partial charge in [-0.1, -0.05) is 36.4 Å². The molecule has 0 bridgehead atoms. The van der Waals surface area contributed by atoms with Gasteiger partial charge >= 0.3 is 0 Å². The van der Waals surface area contributed by atoms with Crippen LogP contribution >= 0.6 is 0 Å². The van der Waals surface area contributed by atoms with E-state index in [-0.39, 0.29) is 17.9 Å². The number of hydrogen-bond donors (Lipinski definition) is 1. The fourth-order valence-corrected chi connectivity index (χ4v) is 2.86. The highest BCUT2D eigenvalue weighted by Gasteiger charge is 2.24. The molecule has 2 amide bonds. The third-order valence-electron chi connectivity index (χ3n) is 4.15. The lowest BCUT2D eigenvalue weighted by Crippen LogP contribution is -2.41. The minimum Gasteiger partial charge on any atom is -0.352 e. The molecular weight excluding hydrogens is 314 g/mol. The Morgan fingerprint density at radius 1 is 1.24 bits per heavy atom. The SMILES string of the molecule is O=C1CCC(CN(Cc2cccnc2)C(=O)C=Cc2ccccc2)N1. The molecule has 1 unspecified atom stereocenters. The van der Waals surface area contributed by atoms with E-state index in [0.29, 0.717) is 19.5 Å². The minimum absolute atomic E-state index is 0.0123. The molecule has 3 rings (SSSR count). The number of nitrogens with one attached hydrogen (secondary N) is 1. The summed E-state index contributed by atoms with van der Waals surface area (Å²) in [6, 6.07) is 13.5. The molecule has 1 saturated heterocycles. The van der Waals surface area contributed by atoms with E-state index in [2.05, 4.69) is 10.3 Å². The first-order chi connectivity index (χ1) is 12.2. The zero-order valence-corrected chi connectivity index (χ0v) is 14.0. The van der Waals surface area contributed by atoms with Crippen molar-refractivity contribution in [2.75, 3.05) is 6.54 Å². The van der Waals surface area contributed by atoms with Crippen molar-refractivity contribution in [2.45, 2.75) is 25.4 Å². The summed E-state index contributed by atoms with van der Waals surface area (Å²) in [6.45, 7) is 0.969. The Kier molecular flexibility index (Phi) is 5.57. The third kappa shape index (κ3) is 5.01. The highest BCUT2D eigenvalue weighted by molar-refractivity contribution is 5.91. The summed E-state index contributed by atoms with van der Waals surface area (Å²) in [5, 5.41) is 2.93. The van der Waals surface area contributed by atoms with Crippen LogP contribution in [0.1, 0.15) is 24.0 Å². The van der Waals surface area contributed by atoms with Gasteiger partial charge in [0.1, 0.15) is 0 Å². The van der Waals surface area contributed by atoms with Crippen LogP contribution in [0.3, 0.4) is 0 Å². The van der Waals surface area contributed by atoms with Gasteiger partial charge in [0.2, 0.25) is 11.8 Å². The van der Waals surface area contributed by atoms with Crippen LogP contribution in [0.4, 0.5) is 0 Å². The van der Waals surface area contributed by atoms with Crippen molar-refractivity contribution >= 4 is 17.9 Å². The molecular formula is C20H21N3O2. The van der Waals surface area contributed by atoms with Crippen LogP contribution in [0.2, 0.25) is 0 Å². The van der Waals surface area contributed by atoms with Crippen LogP contribution in [0, 0.1) is 0 Å². The zero-order chi connectivity index (χ0) is 17.5. The Labute approximate surface area is 147 Å². The number of hydrogen-bond acceptors (Lipinski definition) is 3. The Morgan fingerprint density at radius 3 is 2.76 bits per heavy atom. The van der Waals surface area contributed by atoms with Gasteiger partial charge in [0.05, 0.1) is 0 Å². The van der Waals surface area contributed by atoms with E-state index in [0.717, 1.165) is 17.5 Å². The van der Waals surface area contributed by atoms with E-state index in [9.17, 15) is 9.59 Å². The molecule has 0 spiro atoms. The normalized spacial score (nSPS) is 16.8. The number of benzene rings is 1. The molecule has 1 aromatic carbocycles. The first kappa shape index (κ1) is 16.9. The first-order valence-electron chi connectivity index (χ1n) is 8.41. The zero-order valence-electron chi connectivity index (χ0n) is 14.0. The Bertz CT molecular complexity index is 744. The molecule has 0 radical (unpaired) electrons. The monoisotopic (exact) mass is 335 g/mol. The fourth-order valence-electron chi connectivity index (χ4n) is 2.86. The standard InChI is InChI=1S/C20H21N3O2/c24-19-10-9-18(22-19)15-23(14-17-7-4-12-21-13-17)20(25)11-8-16-5-2-1-3-6-16/h1-8,11-13,18H,9-10,14-15H2,(H,22,24). The van der Waals surface area contributed by atoms with Crippen LogP contribution < -0.4 is 5.32 Å². The molecule has 5 nitrogen and oxygen atoms in total. The van der Waals surface area contributed by atoms with E-state index in [1.165, 1.54) is 0 Å². The number of amides is 2. The van der Waals surface area contributed by atoms with Crippen LogP contribution in [-0.2, 0) is 16.1 Å². The number of pyridine rings is 1. The van der Waals surface area contributed by atoms with Crippen molar-refractivity contribution in [3.63, 3.8) is 0 Å². The highest BCUT2D eigenvalue weighted by atomic mass is 16.2. The molecule has 1 fully saturated rings. The smallest absolute Gasteiger partial charge is 0.246 e. The molecule has 128 valence electrons. The molecule has 0 aliphatic carbocycles. The van der Waals surface area contributed by atoms with E-state index in [1.54, 1.807) is 23.4 Å². The average Bonchev–Trinajstić information content (AvgIpc) is 3.06. The number of rotatable bonds is 6. The van der Waals surface area contributed by atoms with Crippen molar-refractivity contribution in [1.82, 2.24) is 15.2 Å². The summed E-state index contributed by atoms with van der Waals surface area (Å²) in [6.07, 6.45) is 8.16. The van der Waals surface area contributed by atoms with Gasteiger partial charge in [0.15, 0.2) is 0 Å². The van der Waals surface area contributed by atoms with Gasteiger partial charge in [-0.3, -0.25) is 14.6 Å². The molecule has 0 saturated carbocycles. The maximum Gasteiger partial charge on any atom is 0.246 e. The van der Waals surface area contributed by atoms with Crippen molar-refractivity contribution in [1.29, 1.82) is 0 Å². The van der Waals surface area contributed by atoms with Crippen LogP contribution in [0.15, 0.2) is 60.9 Å². The predicted molar refractivity (Wildman–Crippen MR) is 96.3 cm³/mol. The van der Waals surface area contributed by atoms with Crippen LogP contribution in [0.5, 0.6) is 0 Å². The quantitative estimate of drug-likeness (QED) is 0.825. The maximum absolute atomic E-state index is 12.7. The van der Waals surface area contributed by atoms with Crippen LogP contribution in [0.25, 0.3) is 6.08 Å². The number of nitrogens with zero attached hydrogens (tertiary/aromatic N) is 2. The lowest BCUT2D eigenvalue weighted by Gasteiger charge is -2.24. The van der Waals surface area contributed by atoms with E-state index < -0.39 is 0 Å². The third-order valence-corrected chi connectivity index (χ3v) is 4.15. The Morgan fingerprint density at radius 2 is 2.08 bits per heavy atom. The summed E-state index contributed by atoms with van der Waals surface area (Å²) in [7, 11) is 0. The number of carbonyl (C=O) groups is 2. The van der Waals surface area contributed by atoms with Gasteiger partial charge in [-0.05, 0) is 29.7 Å². The van der Waals surface area contributed by atoms with Gasteiger partial charge in [-0.15, -0.1) is 0 Å². The molecule has 25 heavy (non-hydrogen) atoms. The lowest BCUT2D eigenvalue weighted by molar-refractivity contribution is -0.127. The first-order valence-corrected chi connectivity index (χ1v) is 8.41. The maximum atomic E-state index is 12.7. The lowest BCUT2D eigenvalue weighted by atomic mass is 10.1. The minimum atomic E-state index is -0.0751. The van der Waals surface area contributed by atoms with E-state index in [1.807, 2.05) is 48.5 Å². The second-order valence-electron chi connectivity index (χ2n) is 6.13. The van der Waals surface area contributed by atoms with Gasteiger partial charge in [-0.2, -0.15) is 0 Å². The Balaban J connectivity index is 1.71. The molecule has 5 heteroatoms. The number of carbonyl (C=O) groups excluding carboxylic acids is 2. The highest BCUT2D eigenvalue weighted by Crippen LogP contribution is 2.12. The summed E-state index contributed by atoms with van der Waals surface area (Å²) in [4.78, 5) is 30.0. The van der Waals surface area contributed by atoms with E-state index in [4.69, 9.17) is 0 Å². The average molecular weight is 335 g/mol. The predicted octanol–water partition coefficient (Wildman–Crippen LogP) is 2.40. The summed E-state index contributed by atoms with van der Waals surface area (Å²) >= 11 is 0. The topological polar surface area (TPSA) is 62.3 Å². The van der Waals surface area contributed by atoms with Gasteiger partial charge in [0, 0.05) is 44.0 Å². The summed E-state index contributed by atoms with van der Waals surface area (Å²) in [5.74, 6) is -0.0209. The van der Waals surface area contributed by atoms with Crippen LogP contribution in [-0.4, -0.2) is 34.3 Å². The molecule has 1 aliphatic heterocycles. The van der Waals surface area contributed by atoms with Gasteiger partial charge in [0.25, 0.3) is 0 Å². The number of aromatic nitrogens is 1. The molecule has 1 aromatic heterocycles. The van der Waals surface area contributed by atoms with E-state index >= 15 is 0 Å². The fraction of sp³-hybridized carbons (Fsp3) is 0.250. The summed E-state index contributed by atoms with van der Waals surface area (Å²) in [5.41, 5.74) is 1.94. The molecule has 1 atom stereocenters. The Hall–Kier alpha value is -2.95. The van der Waals surface area contributed by atoms with Gasteiger partial charge in [-0.25, -0.2) is 0 Å².